The Labute approximate surface area is 127 Å². The normalized spacial score (nSPS) is 12.6. The van der Waals surface area contributed by atoms with Gasteiger partial charge in [0.1, 0.15) is 0 Å². The van der Waals surface area contributed by atoms with Gasteiger partial charge in [-0.05, 0) is 26.8 Å². The molecule has 2 aromatic rings. The molecule has 21 heavy (non-hydrogen) atoms. The molecule has 1 amide bonds. The lowest BCUT2D eigenvalue weighted by Crippen LogP contribution is -2.36. The number of amides is 1. The SMILES string of the molecule is COC[C@H](C)NC(=O)CSc1nc2nc(C)cc(C)n2n1. The van der Waals surface area contributed by atoms with Crippen LogP contribution < -0.4 is 5.32 Å². The Balaban J connectivity index is 1.97. The molecule has 114 valence electrons. The average molecular weight is 309 g/mol. The van der Waals surface area contributed by atoms with Gasteiger partial charge in [0.05, 0.1) is 12.4 Å². The van der Waals surface area contributed by atoms with Gasteiger partial charge in [0, 0.05) is 24.5 Å². The number of aryl methyl sites for hydroxylation is 2. The fraction of sp³-hybridized carbons (Fsp3) is 0.538. The molecule has 1 N–H and O–H groups in total. The van der Waals surface area contributed by atoms with Crippen LogP contribution in [-0.4, -0.2) is 51.0 Å². The van der Waals surface area contributed by atoms with Crippen LogP contribution in [0.25, 0.3) is 5.78 Å². The number of nitrogens with zero attached hydrogens (tertiary/aromatic N) is 4. The van der Waals surface area contributed by atoms with Gasteiger partial charge in [0.2, 0.25) is 11.1 Å². The van der Waals surface area contributed by atoms with E-state index in [2.05, 4.69) is 20.4 Å². The van der Waals surface area contributed by atoms with Crippen molar-refractivity contribution in [2.24, 2.45) is 0 Å². The van der Waals surface area contributed by atoms with Gasteiger partial charge in [-0.25, -0.2) is 9.50 Å². The number of aromatic nitrogens is 4. The van der Waals surface area contributed by atoms with Crippen molar-refractivity contribution in [3.05, 3.63) is 17.5 Å². The summed E-state index contributed by atoms with van der Waals surface area (Å²) in [7, 11) is 1.61. The number of ether oxygens (including phenoxy) is 1. The molecule has 0 aromatic carbocycles. The van der Waals surface area contributed by atoms with Gasteiger partial charge in [-0.15, -0.1) is 5.10 Å². The molecule has 0 saturated heterocycles. The smallest absolute Gasteiger partial charge is 0.253 e. The maximum atomic E-state index is 11.8. The molecule has 0 spiro atoms. The van der Waals surface area contributed by atoms with Crippen molar-refractivity contribution in [2.75, 3.05) is 19.5 Å². The molecule has 0 aliphatic carbocycles. The second-order valence-corrected chi connectivity index (χ2v) is 5.80. The second kappa shape index (κ2) is 6.86. The summed E-state index contributed by atoms with van der Waals surface area (Å²) in [5, 5.41) is 7.73. The molecule has 7 nitrogen and oxygen atoms in total. The molecule has 0 radical (unpaired) electrons. The fourth-order valence-corrected chi connectivity index (χ4v) is 2.58. The van der Waals surface area contributed by atoms with Crippen molar-refractivity contribution in [3.8, 4) is 0 Å². The Morgan fingerprint density at radius 1 is 1.48 bits per heavy atom. The lowest BCUT2D eigenvalue weighted by molar-refractivity contribution is -0.119. The zero-order chi connectivity index (χ0) is 15.4. The monoisotopic (exact) mass is 309 g/mol. The van der Waals surface area contributed by atoms with Crippen LogP contribution in [0, 0.1) is 13.8 Å². The lowest BCUT2D eigenvalue weighted by Gasteiger charge is -2.11. The highest BCUT2D eigenvalue weighted by atomic mass is 32.2. The summed E-state index contributed by atoms with van der Waals surface area (Å²) in [4.78, 5) is 20.4. The summed E-state index contributed by atoms with van der Waals surface area (Å²) in [6.07, 6.45) is 0. The van der Waals surface area contributed by atoms with Crippen LogP contribution in [0.15, 0.2) is 11.2 Å². The van der Waals surface area contributed by atoms with Gasteiger partial charge in [-0.3, -0.25) is 4.79 Å². The second-order valence-electron chi connectivity index (χ2n) is 4.86. The minimum atomic E-state index is -0.0655. The number of carbonyl (C=O) groups is 1. The number of carbonyl (C=O) groups excluding carboxylic acids is 1. The van der Waals surface area contributed by atoms with Crippen molar-refractivity contribution >= 4 is 23.4 Å². The van der Waals surface area contributed by atoms with E-state index in [9.17, 15) is 4.79 Å². The first-order valence-corrected chi connectivity index (χ1v) is 7.60. The summed E-state index contributed by atoms with van der Waals surface area (Å²) < 4.78 is 6.66. The Bertz CT molecular complexity index is 643. The number of methoxy groups -OCH3 is 1. The quantitative estimate of drug-likeness (QED) is 0.801. The summed E-state index contributed by atoms with van der Waals surface area (Å²) >= 11 is 1.29. The third kappa shape index (κ3) is 4.15. The summed E-state index contributed by atoms with van der Waals surface area (Å²) in [6.45, 7) is 6.25. The molecule has 0 aliphatic heterocycles. The van der Waals surface area contributed by atoms with E-state index in [-0.39, 0.29) is 17.7 Å². The van der Waals surface area contributed by atoms with E-state index in [1.54, 1.807) is 11.6 Å². The van der Waals surface area contributed by atoms with Gasteiger partial charge >= 0.3 is 0 Å². The first kappa shape index (κ1) is 15.7. The van der Waals surface area contributed by atoms with Gasteiger partial charge in [0.25, 0.3) is 5.78 Å². The maximum absolute atomic E-state index is 11.8. The number of nitrogens with one attached hydrogen (secondary N) is 1. The summed E-state index contributed by atoms with van der Waals surface area (Å²) in [5.41, 5.74) is 1.87. The maximum Gasteiger partial charge on any atom is 0.253 e. The van der Waals surface area contributed by atoms with Crippen LogP contribution in [0.1, 0.15) is 18.3 Å². The topological polar surface area (TPSA) is 81.4 Å². The first-order chi connectivity index (χ1) is 9.99. The van der Waals surface area contributed by atoms with Gasteiger partial charge in [-0.2, -0.15) is 4.98 Å². The average Bonchev–Trinajstić information content (AvgIpc) is 2.79. The summed E-state index contributed by atoms with van der Waals surface area (Å²) in [6, 6.07) is 1.93. The van der Waals surface area contributed by atoms with E-state index in [0.29, 0.717) is 17.5 Å². The van der Waals surface area contributed by atoms with Crippen LogP contribution in [0.2, 0.25) is 0 Å². The number of fused-ring (bicyclic) bond motifs is 1. The van der Waals surface area contributed by atoms with E-state index in [1.165, 1.54) is 11.8 Å². The van der Waals surface area contributed by atoms with E-state index in [1.807, 2.05) is 26.8 Å². The van der Waals surface area contributed by atoms with E-state index >= 15 is 0 Å². The number of hydrogen-bond donors (Lipinski definition) is 1. The van der Waals surface area contributed by atoms with E-state index < -0.39 is 0 Å². The minimum Gasteiger partial charge on any atom is -0.383 e. The van der Waals surface area contributed by atoms with Gasteiger partial charge in [-0.1, -0.05) is 11.8 Å². The molecule has 1 atom stereocenters. The Kier molecular flexibility index (Phi) is 5.13. The Morgan fingerprint density at radius 3 is 2.95 bits per heavy atom. The van der Waals surface area contributed by atoms with Crippen molar-refractivity contribution in [1.29, 1.82) is 0 Å². The molecule has 2 heterocycles. The van der Waals surface area contributed by atoms with Crippen LogP contribution in [0.4, 0.5) is 0 Å². The van der Waals surface area contributed by atoms with Crippen LogP contribution >= 0.6 is 11.8 Å². The fourth-order valence-electron chi connectivity index (χ4n) is 1.95. The van der Waals surface area contributed by atoms with Gasteiger partial charge in [0.15, 0.2) is 0 Å². The lowest BCUT2D eigenvalue weighted by atomic mass is 10.3. The van der Waals surface area contributed by atoms with Crippen LogP contribution in [0.3, 0.4) is 0 Å². The zero-order valence-corrected chi connectivity index (χ0v) is 13.4. The largest absolute Gasteiger partial charge is 0.383 e. The van der Waals surface area contributed by atoms with Crippen molar-refractivity contribution < 1.29 is 9.53 Å². The number of rotatable bonds is 6. The highest BCUT2D eigenvalue weighted by Crippen LogP contribution is 2.15. The molecular weight excluding hydrogens is 290 g/mol. The molecule has 0 bridgehead atoms. The molecule has 0 saturated carbocycles. The molecule has 2 aromatic heterocycles. The number of hydrogen-bond acceptors (Lipinski definition) is 6. The third-order valence-electron chi connectivity index (χ3n) is 2.76. The summed E-state index contributed by atoms with van der Waals surface area (Å²) in [5.74, 6) is 0.760. The van der Waals surface area contributed by atoms with Gasteiger partial charge < -0.3 is 10.1 Å². The zero-order valence-electron chi connectivity index (χ0n) is 12.6. The Morgan fingerprint density at radius 2 is 2.24 bits per heavy atom. The predicted octanol–water partition coefficient (Wildman–Crippen LogP) is 0.984. The molecule has 0 aliphatic rings. The van der Waals surface area contributed by atoms with E-state index in [0.717, 1.165) is 11.4 Å². The molecule has 2 rings (SSSR count). The van der Waals surface area contributed by atoms with Crippen LogP contribution in [0.5, 0.6) is 0 Å². The molecule has 0 unspecified atom stereocenters. The Hall–Kier alpha value is -1.67. The van der Waals surface area contributed by atoms with Crippen molar-refractivity contribution in [1.82, 2.24) is 24.9 Å². The minimum absolute atomic E-state index is 0.0105. The highest BCUT2D eigenvalue weighted by molar-refractivity contribution is 7.99. The van der Waals surface area contributed by atoms with Crippen molar-refractivity contribution in [3.63, 3.8) is 0 Å². The predicted molar refractivity (Wildman–Crippen MR) is 80.5 cm³/mol. The molecular formula is C13H19N5O2S. The number of thioether (sulfide) groups is 1. The van der Waals surface area contributed by atoms with E-state index in [4.69, 9.17) is 4.74 Å². The standard InChI is InChI=1S/C13H19N5O2S/c1-8-5-10(3)18-12(15-8)16-13(17-18)21-7-11(19)14-9(2)6-20-4/h5,9H,6-7H2,1-4H3,(H,14,19)/t9-/m0/s1. The first-order valence-electron chi connectivity index (χ1n) is 6.61. The third-order valence-corrected chi connectivity index (χ3v) is 3.59. The molecule has 8 heteroatoms. The van der Waals surface area contributed by atoms with Crippen LogP contribution in [-0.2, 0) is 9.53 Å². The van der Waals surface area contributed by atoms with Crippen molar-refractivity contribution in [2.45, 2.75) is 32.0 Å². The molecule has 0 fully saturated rings. The highest BCUT2D eigenvalue weighted by Gasteiger charge is 2.12.